The van der Waals surface area contributed by atoms with E-state index in [9.17, 15) is 9.59 Å². The number of hydrogen-bond acceptors (Lipinski definition) is 4. The highest BCUT2D eigenvalue weighted by Gasteiger charge is 2.25. The van der Waals surface area contributed by atoms with Gasteiger partial charge in [0.1, 0.15) is 12.6 Å². The van der Waals surface area contributed by atoms with E-state index in [1.54, 1.807) is 0 Å². The predicted octanol–water partition coefficient (Wildman–Crippen LogP) is 1.88. The van der Waals surface area contributed by atoms with Crippen LogP contribution in [0.5, 0.6) is 0 Å². The van der Waals surface area contributed by atoms with Crippen molar-refractivity contribution < 1.29 is 19.1 Å². The van der Waals surface area contributed by atoms with Crippen LogP contribution in [0.2, 0.25) is 0 Å². The van der Waals surface area contributed by atoms with Crippen LogP contribution in [0.1, 0.15) is 27.2 Å². The Hall–Kier alpha value is -1.52. The van der Waals surface area contributed by atoms with Crippen molar-refractivity contribution in [2.75, 3.05) is 13.2 Å². The number of esters is 1. The molecule has 98 valence electrons. The minimum Gasteiger partial charge on any atom is -0.464 e. The van der Waals surface area contributed by atoms with E-state index < -0.39 is 18.1 Å². The number of amides is 1. The second-order valence-corrected chi connectivity index (χ2v) is 3.92. The molecule has 5 nitrogen and oxygen atoms in total. The van der Waals surface area contributed by atoms with Crippen LogP contribution < -0.4 is 5.32 Å². The molecule has 0 radical (unpaired) electrons. The van der Waals surface area contributed by atoms with Gasteiger partial charge in [-0.3, -0.25) is 0 Å². The van der Waals surface area contributed by atoms with E-state index in [1.165, 1.54) is 6.08 Å². The third-order valence-corrected chi connectivity index (χ3v) is 1.97. The number of carbonyl (C=O) groups excluding carboxylic acids is 2. The topological polar surface area (TPSA) is 64.6 Å². The minimum absolute atomic E-state index is 0.0596. The summed E-state index contributed by atoms with van der Waals surface area (Å²) >= 11 is 0. The highest BCUT2D eigenvalue weighted by molar-refractivity contribution is 5.81. The minimum atomic E-state index is -0.682. The van der Waals surface area contributed by atoms with Gasteiger partial charge in [-0.2, -0.15) is 0 Å². The van der Waals surface area contributed by atoms with E-state index in [0.717, 1.165) is 6.42 Å². The largest absolute Gasteiger partial charge is 0.464 e. The first-order valence-electron chi connectivity index (χ1n) is 5.73. The molecule has 0 aromatic carbocycles. The lowest BCUT2D eigenvalue weighted by atomic mass is 10.1. The van der Waals surface area contributed by atoms with E-state index in [1.807, 2.05) is 20.8 Å². The zero-order valence-corrected chi connectivity index (χ0v) is 10.7. The summed E-state index contributed by atoms with van der Waals surface area (Å²) in [6.07, 6.45) is 1.56. The number of hydrogen-bond donors (Lipinski definition) is 1. The highest BCUT2D eigenvalue weighted by Crippen LogP contribution is 2.04. The maximum atomic E-state index is 11.6. The molecule has 1 N–H and O–H groups in total. The molecule has 0 aliphatic heterocycles. The molecular weight excluding hydrogens is 222 g/mol. The average molecular weight is 243 g/mol. The maximum absolute atomic E-state index is 11.6. The molecule has 0 spiro atoms. The fourth-order valence-electron chi connectivity index (χ4n) is 1.09. The molecular formula is C12H21NO4. The van der Waals surface area contributed by atoms with Gasteiger partial charge in [0.05, 0.1) is 6.61 Å². The van der Waals surface area contributed by atoms with Crippen molar-refractivity contribution in [3.63, 3.8) is 0 Å². The molecule has 0 bridgehead atoms. The van der Waals surface area contributed by atoms with E-state index in [4.69, 9.17) is 9.47 Å². The van der Waals surface area contributed by atoms with Crippen molar-refractivity contribution in [2.45, 2.75) is 33.2 Å². The summed E-state index contributed by atoms with van der Waals surface area (Å²) < 4.78 is 9.74. The van der Waals surface area contributed by atoms with E-state index in [2.05, 4.69) is 11.9 Å². The molecule has 0 heterocycles. The Morgan fingerprint density at radius 1 is 1.35 bits per heavy atom. The van der Waals surface area contributed by atoms with Gasteiger partial charge in [0.25, 0.3) is 0 Å². The lowest BCUT2D eigenvalue weighted by molar-refractivity contribution is -0.147. The van der Waals surface area contributed by atoms with Crippen molar-refractivity contribution in [3.8, 4) is 0 Å². The van der Waals surface area contributed by atoms with Crippen LogP contribution in [0.3, 0.4) is 0 Å². The third kappa shape index (κ3) is 6.60. The zero-order valence-electron chi connectivity index (χ0n) is 10.7. The van der Waals surface area contributed by atoms with Gasteiger partial charge in [-0.15, -0.1) is 0 Å². The fraction of sp³-hybridized carbons (Fsp3) is 0.667. The SMILES string of the molecule is C=CCOC(=O)NC(C(=O)OCCC)C(C)C. The molecule has 0 rings (SSSR count). The molecule has 0 fully saturated rings. The summed E-state index contributed by atoms with van der Waals surface area (Å²) in [6, 6.07) is -0.682. The Morgan fingerprint density at radius 2 is 2.00 bits per heavy atom. The van der Waals surface area contributed by atoms with E-state index in [0.29, 0.717) is 6.61 Å². The van der Waals surface area contributed by atoms with Gasteiger partial charge < -0.3 is 14.8 Å². The molecule has 1 unspecified atom stereocenters. The van der Waals surface area contributed by atoms with Crippen LogP contribution >= 0.6 is 0 Å². The van der Waals surface area contributed by atoms with E-state index >= 15 is 0 Å². The number of ether oxygens (including phenoxy) is 2. The van der Waals surface area contributed by atoms with Gasteiger partial charge in [-0.05, 0) is 12.3 Å². The second-order valence-electron chi connectivity index (χ2n) is 3.92. The Labute approximate surface area is 102 Å². The van der Waals surface area contributed by atoms with Crippen LogP contribution in [0.15, 0.2) is 12.7 Å². The number of carbonyl (C=O) groups is 2. The molecule has 0 aromatic heterocycles. The highest BCUT2D eigenvalue weighted by atomic mass is 16.6. The first-order chi connectivity index (χ1) is 8.02. The van der Waals surface area contributed by atoms with Gasteiger partial charge in [-0.1, -0.05) is 33.4 Å². The van der Waals surface area contributed by atoms with Crippen LogP contribution in [0, 0.1) is 5.92 Å². The molecule has 17 heavy (non-hydrogen) atoms. The first-order valence-corrected chi connectivity index (χ1v) is 5.73. The summed E-state index contributed by atoms with van der Waals surface area (Å²) in [5.41, 5.74) is 0. The zero-order chi connectivity index (χ0) is 13.3. The van der Waals surface area contributed by atoms with Crippen molar-refractivity contribution in [3.05, 3.63) is 12.7 Å². The number of rotatable bonds is 7. The molecule has 0 aliphatic rings. The molecule has 1 amide bonds. The molecule has 0 aromatic rings. The molecule has 0 saturated heterocycles. The number of alkyl carbamates (subject to hydrolysis) is 1. The van der Waals surface area contributed by atoms with Crippen molar-refractivity contribution in [1.82, 2.24) is 5.32 Å². The number of nitrogens with one attached hydrogen (secondary N) is 1. The van der Waals surface area contributed by atoms with Crippen LogP contribution in [0.25, 0.3) is 0 Å². The Bertz CT molecular complexity index is 263. The lowest BCUT2D eigenvalue weighted by Gasteiger charge is -2.20. The lowest BCUT2D eigenvalue weighted by Crippen LogP contribution is -2.45. The normalized spacial score (nSPS) is 11.8. The van der Waals surface area contributed by atoms with E-state index in [-0.39, 0.29) is 12.5 Å². The standard InChI is InChI=1S/C12H21NO4/c1-5-7-16-11(14)10(9(3)4)13-12(15)17-8-6-2/h6,9-10H,2,5,7-8H2,1,3-4H3,(H,13,15). The Kier molecular flexibility index (Phi) is 7.84. The average Bonchev–Trinajstić information content (AvgIpc) is 2.29. The van der Waals surface area contributed by atoms with Gasteiger partial charge in [-0.25, -0.2) is 9.59 Å². The van der Waals surface area contributed by atoms with Crippen LogP contribution in [-0.2, 0) is 14.3 Å². The van der Waals surface area contributed by atoms with Gasteiger partial charge in [0, 0.05) is 0 Å². The molecule has 0 aliphatic carbocycles. The predicted molar refractivity (Wildman–Crippen MR) is 64.6 cm³/mol. The maximum Gasteiger partial charge on any atom is 0.408 e. The molecule has 5 heteroatoms. The summed E-state index contributed by atoms with van der Waals surface area (Å²) in [4.78, 5) is 22.9. The van der Waals surface area contributed by atoms with Gasteiger partial charge in [0.15, 0.2) is 0 Å². The van der Waals surface area contributed by atoms with Crippen LogP contribution in [-0.4, -0.2) is 31.3 Å². The van der Waals surface area contributed by atoms with Crippen molar-refractivity contribution in [1.29, 1.82) is 0 Å². The first kappa shape index (κ1) is 15.5. The smallest absolute Gasteiger partial charge is 0.408 e. The van der Waals surface area contributed by atoms with Gasteiger partial charge >= 0.3 is 12.1 Å². The Balaban J connectivity index is 4.27. The van der Waals surface area contributed by atoms with Crippen molar-refractivity contribution >= 4 is 12.1 Å². The van der Waals surface area contributed by atoms with Gasteiger partial charge in [0.2, 0.25) is 0 Å². The summed E-state index contributed by atoms with van der Waals surface area (Å²) in [5.74, 6) is -0.493. The summed E-state index contributed by atoms with van der Waals surface area (Å²) in [5, 5.41) is 2.48. The van der Waals surface area contributed by atoms with Crippen LogP contribution in [0.4, 0.5) is 4.79 Å². The summed E-state index contributed by atoms with van der Waals surface area (Å²) in [7, 11) is 0. The molecule has 0 saturated carbocycles. The molecule has 1 atom stereocenters. The quantitative estimate of drug-likeness (QED) is 0.547. The Morgan fingerprint density at radius 3 is 2.47 bits per heavy atom. The monoisotopic (exact) mass is 243 g/mol. The second kappa shape index (κ2) is 8.61. The van der Waals surface area contributed by atoms with Crippen molar-refractivity contribution in [2.24, 2.45) is 5.92 Å². The fourth-order valence-corrected chi connectivity index (χ4v) is 1.09. The summed E-state index contributed by atoms with van der Waals surface area (Å²) in [6.45, 7) is 9.45. The third-order valence-electron chi connectivity index (χ3n) is 1.97.